The molecule has 0 unspecified atom stereocenters. The SMILES string of the molecule is C=Cc1ccc(NCCOC)cc1. The summed E-state index contributed by atoms with van der Waals surface area (Å²) in [6.45, 7) is 5.26. The topological polar surface area (TPSA) is 21.3 Å². The van der Waals surface area contributed by atoms with E-state index in [4.69, 9.17) is 4.74 Å². The van der Waals surface area contributed by atoms with Gasteiger partial charge in [-0.2, -0.15) is 0 Å². The molecule has 0 saturated heterocycles. The fourth-order valence-corrected chi connectivity index (χ4v) is 1.03. The van der Waals surface area contributed by atoms with Gasteiger partial charge in [-0.1, -0.05) is 24.8 Å². The van der Waals surface area contributed by atoms with Gasteiger partial charge in [0.1, 0.15) is 0 Å². The third-order valence-corrected chi connectivity index (χ3v) is 1.78. The molecule has 0 aliphatic rings. The lowest BCUT2D eigenvalue weighted by Crippen LogP contribution is -2.07. The summed E-state index contributed by atoms with van der Waals surface area (Å²) in [4.78, 5) is 0. The minimum Gasteiger partial charge on any atom is -0.383 e. The van der Waals surface area contributed by atoms with E-state index in [2.05, 4.69) is 11.9 Å². The Hall–Kier alpha value is -1.28. The van der Waals surface area contributed by atoms with Crippen molar-refractivity contribution in [3.63, 3.8) is 0 Å². The normalized spacial score (nSPS) is 9.62. The summed E-state index contributed by atoms with van der Waals surface area (Å²) >= 11 is 0. The molecule has 0 aliphatic heterocycles. The van der Waals surface area contributed by atoms with Crippen molar-refractivity contribution in [1.82, 2.24) is 0 Å². The lowest BCUT2D eigenvalue weighted by molar-refractivity contribution is 0.211. The van der Waals surface area contributed by atoms with Crippen LogP contribution in [0.2, 0.25) is 0 Å². The van der Waals surface area contributed by atoms with Gasteiger partial charge in [-0.3, -0.25) is 0 Å². The molecule has 0 heterocycles. The number of methoxy groups -OCH3 is 1. The first-order valence-electron chi connectivity index (χ1n) is 4.32. The standard InChI is InChI=1S/C11H15NO/c1-3-10-4-6-11(7-5-10)12-8-9-13-2/h3-7,12H,1,8-9H2,2H3. The van der Waals surface area contributed by atoms with Gasteiger partial charge in [-0.25, -0.2) is 0 Å². The second-order valence-corrected chi connectivity index (χ2v) is 2.75. The van der Waals surface area contributed by atoms with E-state index in [1.54, 1.807) is 7.11 Å². The molecule has 1 rings (SSSR count). The zero-order valence-corrected chi connectivity index (χ0v) is 7.92. The summed E-state index contributed by atoms with van der Waals surface area (Å²) in [5.41, 5.74) is 2.25. The molecule has 2 heteroatoms. The summed E-state index contributed by atoms with van der Waals surface area (Å²) in [5.74, 6) is 0. The van der Waals surface area contributed by atoms with E-state index >= 15 is 0 Å². The Morgan fingerprint density at radius 2 is 2.08 bits per heavy atom. The molecule has 0 radical (unpaired) electrons. The highest BCUT2D eigenvalue weighted by Gasteiger charge is 1.90. The maximum absolute atomic E-state index is 4.93. The van der Waals surface area contributed by atoms with Crippen LogP contribution in [-0.4, -0.2) is 20.3 Å². The van der Waals surface area contributed by atoms with Gasteiger partial charge in [0, 0.05) is 19.3 Å². The average molecular weight is 177 g/mol. The van der Waals surface area contributed by atoms with Crippen LogP contribution in [0, 0.1) is 0 Å². The molecule has 1 aromatic carbocycles. The number of hydrogen-bond donors (Lipinski definition) is 1. The molecule has 13 heavy (non-hydrogen) atoms. The highest BCUT2D eigenvalue weighted by molar-refractivity contribution is 5.53. The van der Waals surface area contributed by atoms with Crippen molar-refractivity contribution in [2.24, 2.45) is 0 Å². The Morgan fingerprint density at radius 1 is 1.38 bits per heavy atom. The second-order valence-electron chi connectivity index (χ2n) is 2.75. The molecule has 0 aromatic heterocycles. The monoisotopic (exact) mass is 177 g/mol. The minimum absolute atomic E-state index is 0.725. The number of hydrogen-bond acceptors (Lipinski definition) is 2. The highest BCUT2D eigenvalue weighted by atomic mass is 16.5. The smallest absolute Gasteiger partial charge is 0.0635 e. The average Bonchev–Trinajstić information content (AvgIpc) is 2.19. The maximum Gasteiger partial charge on any atom is 0.0635 e. The number of rotatable bonds is 5. The quantitative estimate of drug-likeness (QED) is 0.697. The van der Waals surface area contributed by atoms with Gasteiger partial charge in [0.25, 0.3) is 0 Å². The highest BCUT2D eigenvalue weighted by Crippen LogP contribution is 2.09. The third kappa shape index (κ3) is 3.30. The maximum atomic E-state index is 4.93. The fraction of sp³-hybridized carbons (Fsp3) is 0.273. The van der Waals surface area contributed by atoms with Crippen molar-refractivity contribution in [3.05, 3.63) is 36.4 Å². The summed E-state index contributed by atoms with van der Waals surface area (Å²) in [6, 6.07) is 8.13. The van der Waals surface area contributed by atoms with Crippen molar-refractivity contribution in [1.29, 1.82) is 0 Å². The van der Waals surface area contributed by atoms with Crippen LogP contribution in [-0.2, 0) is 4.74 Å². The summed E-state index contributed by atoms with van der Waals surface area (Å²) in [6.07, 6.45) is 1.83. The fourth-order valence-electron chi connectivity index (χ4n) is 1.03. The molecule has 70 valence electrons. The van der Waals surface area contributed by atoms with E-state index in [1.807, 2.05) is 30.3 Å². The van der Waals surface area contributed by atoms with Crippen LogP contribution in [0.3, 0.4) is 0 Å². The van der Waals surface area contributed by atoms with Crippen LogP contribution in [0.1, 0.15) is 5.56 Å². The van der Waals surface area contributed by atoms with E-state index in [-0.39, 0.29) is 0 Å². The molecular weight excluding hydrogens is 162 g/mol. The molecule has 0 amide bonds. The van der Waals surface area contributed by atoms with Gasteiger partial charge in [0.05, 0.1) is 6.61 Å². The predicted molar refractivity (Wildman–Crippen MR) is 56.9 cm³/mol. The zero-order chi connectivity index (χ0) is 9.52. The molecule has 1 aromatic rings. The van der Waals surface area contributed by atoms with Gasteiger partial charge in [-0.15, -0.1) is 0 Å². The van der Waals surface area contributed by atoms with Gasteiger partial charge in [-0.05, 0) is 17.7 Å². The molecule has 2 nitrogen and oxygen atoms in total. The second kappa shape index (κ2) is 5.38. The van der Waals surface area contributed by atoms with Crippen LogP contribution >= 0.6 is 0 Å². The Labute approximate surface area is 79.2 Å². The number of anilines is 1. The molecule has 0 fully saturated rings. The third-order valence-electron chi connectivity index (χ3n) is 1.78. The predicted octanol–water partition coefficient (Wildman–Crippen LogP) is 2.39. The van der Waals surface area contributed by atoms with Crippen molar-refractivity contribution in [3.8, 4) is 0 Å². The van der Waals surface area contributed by atoms with Crippen molar-refractivity contribution < 1.29 is 4.74 Å². The van der Waals surface area contributed by atoms with Crippen molar-refractivity contribution in [2.75, 3.05) is 25.6 Å². The van der Waals surface area contributed by atoms with E-state index in [0.717, 1.165) is 24.4 Å². The Morgan fingerprint density at radius 3 is 2.62 bits per heavy atom. The van der Waals surface area contributed by atoms with Crippen LogP contribution in [0.15, 0.2) is 30.8 Å². The van der Waals surface area contributed by atoms with Gasteiger partial charge < -0.3 is 10.1 Å². The van der Waals surface area contributed by atoms with E-state index in [1.165, 1.54) is 0 Å². The summed E-state index contributed by atoms with van der Waals surface area (Å²) in [7, 11) is 1.70. The Bertz CT molecular complexity index is 253. The van der Waals surface area contributed by atoms with E-state index in [0.29, 0.717) is 0 Å². The molecule has 0 bridgehead atoms. The van der Waals surface area contributed by atoms with E-state index in [9.17, 15) is 0 Å². The van der Waals surface area contributed by atoms with Gasteiger partial charge >= 0.3 is 0 Å². The Kier molecular flexibility index (Phi) is 4.06. The summed E-state index contributed by atoms with van der Waals surface area (Å²) in [5, 5.41) is 3.24. The molecule has 1 N–H and O–H groups in total. The van der Waals surface area contributed by atoms with Crippen LogP contribution in [0.25, 0.3) is 6.08 Å². The van der Waals surface area contributed by atoms with Crippen LogP contribution < -0.4 is 5.32 Å². The molecule has 0 aliphatic carbocycles. The van der Waals surface area contributed by atoms with Crippen molar-refractivity contribution >= 4 is 11.8 Å². The Balaban J connectivity index is 2.44. The summed E-state index contributed by atoms with van der Waals surface area (Å²) < 4.78 is 4.93. The van der Waals surface area contributed by atoms with Crippen LogP contribution in [0.5, 0.6) is 0 Å². The zero-order valence-electron chi connectivity index (χ0n) is 7.92. The molecular formula is C11H15NO. The van der Waals surface area contributed by atoms with Gasteiger partial charge in [0.15, 0.2) is 0 Å². The molecule has 0 saturated carbocycles. The first-order valence-corrected chi connectivity index (χ1v) is 4.32. The number of ether oxygens (including phenoxy) is 1. The van der Waals surface area contributed by atoms with E-state index < -0.39 is 0 Å². The first-order chi connectivity index (χ1) is 6.36. The van der Waals surface area contributed by atoms with Gasteiger partial charge in [0.2, 0.25) is 0 Å². The number of benzene rings is 1. The number of nitrogens with one attached hydrogen (secondary N) is 1. The minimum atomic E-state index is 0.725. The van der Waals surface area contributed by atoms with Crippen molar-refractivity contribution in [2.45, 2.75) is 0 Å². The molecule has 0 atom stereocenters. The largest absolute Gasteiger partial charge is 0.383 e. The van der Waals surface area contributed by atoms with Crippen LogP contribution in [0.4, 0.5) is 5.69 Å². The lowest BCUT2D eigenvalue weighted by atomic mass is 10.2. The molecule has 0 spiro atoms. The first kappa shape index (κ1) is 9.81. The lowest BCUT2D eigenvalue weighted by Gasteiger charge is -2.05.